The second-order valence-corrected chi connectivity index (χ2v) is 42.7. The van der Waals surface area contributed by atoms with Gasteiger partial charge in [0.2, 0.25) is 41.4 Å². The van der Waals surface area contributed by atoms with Crippen LogP contribution in [0.1, 0.15) is 225 Å². The average Bonchev–Trinajstić information content (AvgIpc) is 1.66. The molecule has 8 aromatic rings. The number of carboxylic acid groups (broad SMARTS) is 1. The van der Waals surface area contributed by atoms with Gasteiger partial charge in [-0.05, 0) is 108 Å². The number of rotatable bonds is 47. The van der Waals surface area contributed by atoms with Crippen molar-refractivity contribution in [3.8, 4) is 20.9 Å². The summed E-state index contributed by atoms with van der Waals surface area (Å²) in [4.78, 5) is 168. The van der Waals surface area contributed by atoms with Crippen LogP contribution in [0.5, 0.6) is 0 Å². The number of nitrogens with two attached hydrogens (primary N) is 1. The van der Waals surface area contributed by atoms with Gasteiger partial charge in [-0.2, -0.15) is 0 Å². The molecule has 9 amide bonds. The molecule has 4 fully saturated rings. The summed E-state index contributed by atoms with van der Waals surface area (Å²) in [5, 5.41) is 77.7. The summed E-state index contributed by atoms with van der Waals surface area (Å²) >= 11 is 3.15. The summed E-state index contributed by atoms with van der Waals surface area (Å²) in [6.45, 7) is 26.6. The van der Waals surface area contributed by atoms with Gasteiger partial charge in [-0.25, -0.2) is 29.9 Å². The fourth-order valence-electron chi connectivity index (χ4n) is 18.8. The molecule has 0 saturated carbocycles. The van der Waals surface area contributed by atoms with Gasteiger partial charge in [-0.15, -0.1) is 22.7 Å². The number of hydrogen-bond donors (Lipinski definition) is 15. The maximum atomic E-state index is 14.0. The third-order valence-electron chi connectivity index (χ3n) is 27.0. The highest BCUT2D eigenvalue weighted by molar-refractivity contribution is 7.13. The molecule has 10 heterocycles. The van der Waals surface area contributed by atoms with E-state index in [4.69, 9.17) is 10.8 Å². The van der Waals surface area contributed by atoms with Crippen molar-refractivity contribution in [2.75, 3.05) is 115 Å². The molecule has 16 N–H and O–H groups in total. The quantitative estimate of drug-likeness (QED) is 0.0158. The normalized spacial score (nSPS) is 17.7. The number of nitrogens with one attached hydrogen (secondary N) is 9. The van der Waals surface area contributed by atoms with Crippen molar-refractivity contribution in [3.63, 3.8) is 0 Å². The number of hydrogen-bond acceptors (Lipinski definition) is 29. The van der Waals surface area contributed by atoms with Gasteiger partial charge in [0.25, 0.3) is 11.8 Å². The zero-order valence-electron chi connectivity index (χ0n) is 84.9. The van der Waals surface area contributed by atoms with E-state index in [0.29, 0.717) is 69.5 Å². The lowest BCUT2D eigenvalue weighted by atomic mass is 9.85. The number of aryl methyl sites for hydroxylation is 2. The van der Waals surface area contributed by atoms with E-state index in [1.54, 1.807) is 34.8 Å². The maximum absolute atomic E-state index is 14.0. The van der Waals surface area contributed by atoms with Gasteiger partial charge in [-0.3, -0.25) is 67.5 Å². The van der Waals surface area contributed by atoms with Crippen LogP contribution in [-0.2, 0) is 77.4 Å². The molecule has 147 heavy (non-hydrogen) atoms. The van der Waals surface area contributed by atoms with Gasteiger partial charge < -0.3 is 88.9 Å². The van der Waals surface area contributed by atoms with Crippen molar-refractivity contribution in [1.82, 2.24) is 96.5 Å². The summed E-state index contributed by atoms with van der Waals surface area (Å²) in [5.41, 5.74) is 19.6. The van der Waals surface area contributed by atoms with Gasteiger partial charge in [0.1, 0.15) is 59.8 Å². The Morgan fingerprint density at radius 1 is 0.456 bits per heavy atom. The highest BCUT2D eigenvalue weighted by Gasteiger charge is 2.47. The Bertz CT molecular complexity index is 5570. The number of carbonyl (C=O) groups excluding carboxylic acids is 9. The van der Waals surface area contributed by atoms with Crippen LogP contribution in [0.2, 0.25) is 0 Å². The minimum atomic E-state index is -0.881. The van der Waals surface area contributed by atoms with Crippen LogP contribution in [0, 0.1) is 24.7 Å². The highest BCUT2D eigenvalue weighted by Crippen LogP contribution is 2.33. The largest absolute Gasteiger partial charge is 0.481 e. The first-order chi connectivity index (χ1) is 69.6. The number of β-amino-alcohol motifs (C(OH)–C–C–N with tert-alkyl or cyclic N) is 4. The third kappa shape index (κ3) is 36.6. The number of aliphatic carboxylic acids is 1. The van der Waals surface area contributed by atoms with E-state index in [-0.39, 0.29) is 157 Å². The molecule has 4 aromatic heterocycles. The number of carbonyl (C=O) groups is 10. The summed E-state index contributed by atoms with van der Waals surface area (Å²) in [7, 11) is 0. The molecule has 0 aliphatic carbocycles. The second kappa shape index (κ2) is 57.7. The summed E-state index contributed by atoms with van der Waals surface area (Å²) < 4.78 is 0. The van der Waals surface area contributed by atoms with Gasteiger partial charge in [0.05, 0.1) is 68.7 Å². The second-order valence-electron chi connectivity index (χ2n) is 41.0. The molecule has 39 heteroatoms. The van der Waals surface area contributed by atoms with Crippen LogP contribution in [0.15, 0.2) is 133 Å². The highest BCUT2D eigenvalue weighted by atomic mass is 32.1. The minimum Gasteiger partial charge on any atom is -0.481 e. The third-order valence-corrected chi connectivity index (χ3v) is 28.9. The Morgan fingerprint density at radius 2 is 0.837 bits per heavy atom. The van der Waals surface area contributed by atoms with Crippen molar-refractivity contribution in [3.05, 3.63) is 189 Å². The Morgan fingerprint density at radius 3 is 1.22 bits per heavy atom. The Balaban J connectivity index is 0.000000248. The van der Waals surface area contributed by atoms with E-state index in [2.05, 4.69) is 134 Å². The molecular formula is C108H156N22O15S2. The Labute approximate surface area is 872 Å². The van der Waals surface area contributed by atoms with Crippen LogP contribution < -0.4 is 53.6 Å². The summed E-state index contributed by atoms with van der Waals surface area (Å²) in [6, 6.07) is 32.8. The lowest BCUT2D eigenvalue weighted by Crippen LogP contribution is -2.57. The van der Waals surface area contributed by atoms with Crippen molar-refractivity contribution in [1.29, 1.82) is 0 Å². The topological polar surface area (TPSA) is 503 Å². The van der Waals surface area contributed by atoms with E-state index in [1.165, 1.54) is 44.7 Å². The number of likely N-dealkylation sites (tertiary alicyclic amines) is 4. The molecule has 0 radical (unpaired) electrons. The predicted octanol–water partition coefficient (Wildman–Crippen LogP) is 8.80. The number of unbranched alkanes of at least 4 members (excludes halogenated alkanes) is 8. The Kier molecular flexibility index (Phi) is 46.0. The fourth-order valence-corrected chi connectivity index (χ4v) is 20.4. The number of thiazole rings is 2. The van der Waals surface area contributed by atoms with Crippen molar-refractivity contribution in [2.45, 2.75) is 273 Å². The number of carboxylic acids is 1. The lowest BCUT2D eigenvalue weighted by molar-refractivity contribution is -0.144. The number of aliphatic hydroxyl groups excluding tert-OH is 4. The summed E-state index contributed by atoms with van der Waals surface area (Å²) in [5.74, 6) is -2.23. The number of fused-ring (bicyclic) bond motifs is 2. The zero-order chi connectivity index (χ0) is 104. The molecule has 14 rings (SSSR count). The van der Waals surface area contributed by atoms with Gasteiger partial charge in [0, 0.05) is 182 Å². The van der Waals surface area contributed by atoms with Gasteiger partial charge in [-0.1, -0.05) is 192 Å². The van der Waals surface area contributed by atoms with Crippen molar-refractivity contribution in [2.24, 2.45) is 16.6 Å². The molecule has 6 aliphatic rings. The SMILES string of the molecule is C.C.Cc1ncsc1-c1ccc(CNC(=O)[C@@H]2C[C@@H](O)CN2C(=O)[C@@H](NC(=O)CCCCCCCC(=O)NCCN2CC(Nc3cc(C(=O)NC[C@H](O)CN4CCc5ccccc5C4)ncn3)C2)C(C)(C)C)cc1.Cc1ncsc1-c1ccc(CNC(=O)[C@@H]2C[C@@H](O)CN2C(=O)[C@@H](NC(=O)CCCCCCCC(=O)O)C(C)(C)C)cc1.NCCN1CC(Nc2cc(C(=O)NC[C@H](O)CN3CCc4ccccc4C3)ncn2)C1. The number of benzene rings is 4. The maximum Gasteiger partial charge on any atom is 0.303 e. The number of anilines is 2. The molecule has 0 unspecified atom stereocenters. The average molecular weight is 2070 g/mol. The lowest BCUT2D eigenvalue weighted by Gasteiger charge is -2.39. The van der Waals surface area contributed by atoms with Crippen LogP contribution in [0.4, 0.5) is 11.6 Å². The van der Waals surface area contributed by atoms with Crippen molar-refractivity contribution >= 4 is 93.4 Å². The molecule has 6 aliphatic heterocycles. The molecular weight excluding hydrogens is 1910 g/mol. The van der Waals surface area contributed by atoms with E-state index < -0.39 is 65.4 Å². The molecule has 800 valence electrons. The van der Waals surface area contributed by atoms with Gasteiger partial charge >= 0.3 is 5.97 Å². The van der Waals surface area contributed by atoms with Crippen LogP contribution in [0.3, 0.4) is 0 Å². The monoisotopic (exact) mass is 2070 g/mol. The van der Waals surface area contributed by atoms with E-state index in [9.17, 15) is 68.4 Å². The zero-order valence-corrected chi connectivity index (χ0v) is 86.6. The smallest absolute Gasteiger partial charge is 0.303 e. The van der Waals surface area contributed by atoms with E-state index >= 15 is 0 Å². The van der Waals surface area contributed by atoms with E-state index in [0.717, 1.165) is 167 Å². The number of aliphatic hydroxyl groups is 4. The van der Waals surface area contributed by atoms with Crippen LogP contribution >= 0.6 is 22.7 Å². The summed E-state index contributed by atoms with van der Waals surface area (Å²) in [6.07, 6.45) is 10.6. The van der Waals surface area contributed by atoms with Crippen LogP contribution in [-0.4, -0.2) is 309 Å². The molecule has 4 saturated heterocycles. The van der Waals surface area contributed by atoms with Crippen molar-refractivity contribution < 1.29 is 73.5 Å². The van der Waals surface area contributed by atoms with E-state index in [1.807, 2.05) is 127 Å². The van der Waals surface area contributed by atoms with Gasteiger partial charge in [0.15, 0.2) is 0 Å². The molecule has 8 atom stereocenters. The van der Waals surface area contributed by atoms with Crippen LogP contribution in [0.25, 0.3) is 20.9 Å². The molecule has 0 bridgehead atoms. The minimum absolute atomic E-state index is 0. The molecule has 37 nitrogen and oxygen atoms in total. The Hall–Kier alpha value is -11.8. The fraction of sp³-hybridized carbons (Fsp3) is 0.556. The number of amides is 9. The number of aromatic nitrogens is 6. The molecule has 0 spiro atoms. The first kappa shape index (κ1) is 117. The first-order valence-electron chi connectivity index (χ1n) is 51.0. The first-order valence-corrected chi connectivity index (χ1v) is 52.7. The standard InChI is InChI=1S/C53H73N11O7S.C31H44N4O6S.C22H31N7O2.2CH4/c1-35-48(72-34-59-35)38-18-16-36(17-19-38)26-55-51(70)44-24-41(65)32-64(44)52(71)49(53(2,3)4)61-47(68)15-9-7-5-6-8-14-46(67)54-21-23-63-29-40(30-63)60-45-25-43(57-33-58-45)50(69)56-27-42(66)31-62-22-20-37-12-10-11-13-39(37)28-62;1-20-27(42-19-33-20)22-14-12-21(13-15-22)17-32-29(40)24-16-23(36)18-35(24)30(41)28(31(2,3)4)34-25(37)10-8-6-5-7-9-11-26(38)39;23-6-8-29-12-18(13-29)27-21-9-20(25-15-26-21)22(31)24-10-19(30)14-28-7-5-16-3-1-2-4-17(16)11-28;;/h10-13,16-19,25,33-34,40-42,44,49,65-66H,5-9,14-15,20-24,26-32H2,1-4H3,(H,54,67)(H,55,70)(H,56,69)(H,61,68)(H,57,58,60);12-15,19,23-24,28,36H,5-11,16-18H2,1-4H3,(H,32,40)(H,34,37)(H,38,39);1-4,9,15,18-19,30H,5-8,10-14,23H2,(H,24,31)(H,25,26,27);2*1H4/t41-,42+,44+,49-;23-,24+,28-;19-;;/m110../s1. The number of nitrogens with zero attached hydrogens (tertiary/aromatic N) is 12. The molecule has 4 aromatic carbocycles. The predicted molar refractivity (Wildman–Crippen MR) is 570 cm³/mol.